The standard InChI is InChI=1S/C14H19N3S/c1-10(2)17(9-12-5-4-8-18-12)14-7-6-13(15)11(3)16-14/h4-8,10H,9,15H2,1-3H3. The Kier molecular flexibility index (Phi) is 3.87. The largest absolute Gasteiger partial charge is 0.397 e. The lowest BCUT2D eigenvalue weighted by Crippen LogP contribution is -2.30. The van der Waals surface area contributed by atoms with Crippen molar-refractivity contribution in [3.63, 3.8) is 0 Å². The fraction of sp³-hybridized carbons (Fsp3) is 0.357. The highest BCUT2D eigenvalue weighted by Gasteiger charge is 2.13. The molecule has 4 heteroatoms. The Morgan fingerprint density at radius 3 is 2.67 bits per heavy atom. The summed E-state index contributed by atoms with van der Waals surface area (Å²) in [4.78, 5) is 8.22. The molecule has 0 atom stereocenters. The van der Waals surface area contributed by atoms with Crippen molar-refractivity contribution < 1.29 is 0 Å². The van der Waals surface area contributed by atoms with Gasteiger partial charge in [0.05, 0.1) is 17.9 Å². The number of pyridine rings is 1. The van der Waals surface area contributed by atoms with Crippen molar-refractivity contribution in [2.45, 2.75) is 33.4 Å². The second-order valence-electron chi connectivity index (χ2n) is 4.65. The fourth-order valence-corrected chi connectivity index (χ4v) is 2.52. The van der Waals surface area contributed by atoms with Gasteiger partial charge < -0.3 is 10.6 Å². The smallest absolute Gasteiger partial charge is 0.129 e. The summed E-state index contributed by atoms with van der Waals surface area (Å²) in [6, 6.07) is 8.57. The molecule has 0 saturated carbocycles. The van der Waals surface area contributed by atoms with Gasteiger partial charge in [0.2, 0.25) is 0 Å². The molecule has 0 fully saturated rings. The Bertz CT molecular complexity index is 506. The topological polar surface area (TPSA) is 42.2 Å². The minimum absolute atomic E-state index is 0.405. The number of rotatable bonds is 4. The first-order chi connectivity index (χ1) is 8.58. The highest BCUT2D eigenvalue weighted by Crippen LogP contribution is 2.22. The van der Waals surface area contributed by atoms with Crippen molar-refractivity contribution in [2.24, 2.45) is 0 Å². The highest BCUT2D eigenvalue weighted by atomic mass is 32.1. The predicted octanol–water partition coefficient (Wildman–Crippen LogP) is 3.45. The lowest BCUT2D eigenvalue weighted by Gasteiger charge is -2.27. The van der Waals surface area contributed by atoms with Crippen molar-refractivity contribution in [3.05, 3.63) is 40.2 Å². The third-order valence-corrected chi connectivity index (χ3v) is 3.80. The third-order valence-electron chi connectivity index (χ3n) is 2.94. The summed E-state index contributed by atoms with van der Waals surface area (Å²) in [6.45, 7) is 7.20. The maximum absolute atomic E-state index is 5.82. The van der Waals surface area contributed by atoms with Gasteiger partial charge in [0.1, 0.15) is 5.82 Å². The van der Waals surface area contributed by atoms with Crippen LogP contribution >= 0.6 is 11.3 Å². The molecule has 3 nitrogen and oxygen atoms in total. The van der Waals surface area contributed by atoms with Gasteiger partial charge in [0, 0.05) is 10.9 Å². The van der Waals surface area contributed by atoms with E-state index in [0.717, 1.165) is 23.7 Å². The molecule has 2 rings (SSSR count). The number of aryl methyl sites for hydroxylation is 1. The van der Waals surface area contributed by atoms with Gasteiger partial charge in [0.25, 0.3) is 0 Å². The molecule has 2 aromatic heterocycles. The SMILES string of the molecule is Cc1nc(N(Cc2cccs2)C(C)C)ccc1N. The van der Waals surface area contributed by atoms with Gasteiger partial charge in [-0.15, -0.1) is 11.3 Å². The summed E-state index contributed by atoms with van der Waals surface area (Å²) in [6.07, 6.45) is 0. The van der Waals surface area contributed by atoms with Crippen LogP contribution in [0.15, 0.2) is 29.6 Å². The van der Waals surface area contributed by atoms with Crippen LogP contribution in [0.25, 0.3) is 0 Å². The summed E-state index contributed by atoms with van der Waals surface area (Å²) in [5.41, 5.74) is 7.46. The molecule has 18 heavy (non-hydrogen) atoms. The molecule has 2 heterocycles. The van der Waals surface area contributed by atoms with Crippen molar-refractivity contribution in [3.8, 4) is 0 Å². The minimum Gasteiger partial charge on any atom is -0.397 e. The molecule has 2 aromatic rings. The number of nitrogens with two attached hydrogens (primary N) is 1. The quantitative estimate of drug-likeness (QED) is 0.916. The van der Waals surface area contributed by atoms with Gasteiger partial charge in [-0.2, -0.15) is 0 Å². The number of thiophene rings is 1. The van der Waals surface area contributed by atoms with Gasteiger partial charge in [-0.05, 0) is 44.4 Å². The van der Waals surface area contributed by atoms with Crippen molar-refractivity contribution in [2.75, 3.05) is 10.6 Å². The van der Waals surface area contributed by atoms with E-state index in [1.54, 1.807) is 11.3 Å². The first-order valence-electron chi connectivity index (χ1n) is 6.10. The van der Waals surface area contributed by atoms with E-state index in [1.807, 2.05) is 19.1 Å². The van der Waals surface area contributed by atoms with E-state index in [4.69, 9.17) is 5.73 Å². The molecule has 96 valence electrons. The number of hydrogen-bond acceptors (Lipinski definition) is 4. The Hall–Kier alpha value is -1.55. The summed E-state index contributed by atoms with van der Waals surface area (Å²) >= 11 is 1.78. The van der Waals surface area contributed by atoms with Crippen LogP contribution in [-0.4, -0.2) is 11.0 Å². The Labute approximate surface area is 112 Å². The zero-order chi connectivity index (χ0) is 13.1. The van der Waals surface area contributed by atoms with Crippen LogP contribution < -0.4 is 10.6 Å². The fourth-order valence-electron chi connectivity index (χ4n) is 1.82. The second kappa shape index (κ2) is 5.40. The average molecular weight is 261 g/mol. The number of anilines is 2. The summed E-state index contributed by atoms with van der Waals surface area (Å²) < 4.78 is 0. The number of nitrogen functional groups attached to an aromatic ring is 1. The minimum atomic E-state index is 0.405. The predicted molar refractivity (Wildman–Crippen MR) is 79.0 cm³/mol. The molecule has 0 spiro atoms. The first kappa shape index (κ1) is 12.9. The zero-order valence-corrected chi connectivity index (χ0v) is 11.9. The van der Waals surface area contributed by atoms with Crippen LogP contribution in [0, 0.1) is 6.92 Å². The molecule has 0 radical (unpaired) electrons. The van der Waals surface area contributed by atoms with E-state index in [9.17, 15) is 0 Å². The third kappa shape index (κ3) is 2.82. The Morgan fingerprint density at radius 2 is 2.11 bits per heavy atom. The molecule has 0 aliphatic carbocycles. The van der Waals surface area contributed by atoms with E-state index in [0.29, 0.717) is 6.04 Å². The highest BCUT2D eigenvalue weighted by molar-refractivity contribution is 7.09. The monoisotopic (exact) mass is 261 g/mol. The van der Waals surface area contributed by atoms with E-state index in [-0.39, 0.29) is 0 Å². The summed E-state index contributed by atoms with van der Waals surface area (Å²) in [5.74, 6) is 0.991. The van der Waals surface area contributed by atoms with E-state index >= 15 is 0 Å². The van der Waals surface area contributed by atoms with Crippen LogP contribution in [-0.2, 0) is 6.54 Å². The van der Waals surface area contributed by atoms with E-state index in [2.05, 4.69) is 41.2 Å². The molecule has 0 amide bonds. The molecular formula is C14H19N3S. The Morgan fingerprint density at radius 1 is 1.33 bits per heavy atom. The number of hydrogen-bond donors (Lipinski definition) is 1. The van der Waals surface area contributed by atoms with Gasteiger partial charge in [0.15, 0.2) is 0 Å². The Balaban J connectivity index is 2.26. The molecular weight excluding hydrogens is 242 g/mol. The zero-order valence-electron chi connectivity index (χ0n) is 11.1. The molecule has 0 saturated heterocycles. The average Bonchev–Trinajstić information content (AvgIpc) is 2.82. The molecule has 0 aliphatic rings. The van der Waals surface area contributed by atoms with Crippen LogP contribution in [0.3, 0.4) is 0 Å². The summed E-state index contributed by atoms with van der Waals surface area (Å²) in [5, 5.41) is 2.11. The van der Waals surface area contributed by atoms with Crippen molar-refractivity contribution in [1.82, 2.24) is 4.98 Å². The molecule has 0 aromatic carbocycles. The molecule has 0 unspecified atom stereocenters. The summed E-state index contributed by atoms with van der Waals surface area (Å²) in [7, 11) is 0. The maximum atomic E-state index is 5.82. The number of aromatic nitrogens is 1. The van der Waals surface area contributed by atoms with Gasteiger partial charge in [-0.25, -0.2) is 4.98 Å². The maximum Gasteiger partial charge on any atom is 0.129 e. The van der Waals surface area contributed by atoms with Crippen LogP contribution in [0.5, 0.6) is 0 Å². The number of nitrogens with zero attached hydrogens (tertiary/aromatic N) is 2. The van der Waals surface area contributed by atoms with Gasteiger partial charge in [-0.3, -0.25) is 0 Å². The van der Waals surface area contributed by atoms with Gasteiger partial charge in [-0.1, -0.05) is 6.07 Å². The van der Waals surface area contributed by atoms with Crippen LogP contribution in [0.2, 0.25) is 0 Å². The van der Waals surface area contributed by atoms with Gasteiger partial charge >= 0.3 is 0 Å². The molecule has 0 bridgehead atoms. The normalized spacial score (nSPS) is 10.9. The van der Waals surface area contributed by atoms with Crippen LogP contribution in [0.1, 0.15) is 24.4 Å². The van der Waals surface area contributed by atoms with Crippen molar-refractivity contribution in [1.29, 1.82) is 0 Å². The van der Waals surface area contributed by atoms with Crippen LogP contribution in [0.4, 0.5) is 11.5 Å². The lowest BCUT2D eigenvalue weighted by atomic mass is 10.2. The second-order valence-corrected chi connectivity index (χ2v) is 5.68. The van der Waals surface area contributed by atoms with E-state index < -0.39 is 0 Å². The first-order valence-corrected chi connectivity index (χ1v) is 6.98. The molecule has 0 aliphatic heterocycles. The van der Waals surface area contributed by atoms with Crippen molar-refractivity contribution >= 4 is 22.8 Å². The lowest BCUT2D eigenvalue weighted by molar-refractivity contribution is 0.676. The molecule has 2 N–H and O–H groups in total. The van der Waals surface area contributed by atoms with E-state index in [1.165, 1.54) is 4.88 Å².